The Morgan fingerprint density at radius 2 is 2.33 bits per heavy atom. The third-order valence-electron chi connectivity index (χ3n) is 2.32. The summed E-state index contributed by atoms with van der Waals surface area (Å²) < 4.78 is 1.62. The number of rotatable bonds is 2. The molecule has 6 heteroatoms. The Morgan fingerprint density at radius 1 is 1.60 bits per heavy atom. The van der Waals surface area contributed by atoms with E-state index in [9.17, 15) is 9.59 Å². The normalized spacial score (nSPS) is 15.3. The van der Waals surface area contributed by atoms with Crippen molar-refractivity contribution in [2.75, 3.05) is 13.1 Å². The quantitative estimate of drug-likeness (QED) is 0.727. The Balaban J connectivity index is 2.25. The smallest absolute Gasteiger partial charge is 0.323 e. The van der Waals surface area contributed by atoms with E-state index >= 15 is 0 Å². The first-order valence-electron chi connectivity index (χ1n) is 4.63. The first-order chi connectivity index (χ1) is 7.08. The van der Waals surface area contributed by atoms with Crippen LogP contribution in [0.1, 0.15) is 16.2 Å². The molecule has 1 amide bonds. The Hall–Kier alpha value is -1.85. The van der Waals surface area contributed by atoms with Gasteiger partial charge in [-0.3, -0.25) is 14.3 Å². The van der Waals surface area contributed by atoms with Crippen LogP contribution in [-0.2, 0) is 11.3 Å². The molecule has 0 aliphatic carbocycles. The predicted octanol–water partition coefficient (Wildman–Crippen LogP) is -0.268. The zero-order valence-electron chi connectivity index (χ0n) is 8.30. The van der Waals surface area contributed by atoms with E-state index < -0.39 is 5.97 Å². The van der Waals surface area contributed by atoms with Crippen molar-refractivity contribution in [2.24, 2.45) is 0 Å². The van der Waals surface area contributed by atoms with E-state index in [1.165, 1.54) is 4.90 Å². The lowest BCUT2D eigenvalue weighted by molar-refractivity contribution is -0.137. The SMILES string of the molecule is Cc1cc2n(n1)CCN(CC(=O)O)C2=O. The van der Waals surface area contributed by atoms with E-state index in [1.807, 2.05) is 0 Å². The van der Waals surface area contributed by atoms with Crippen molar-refractivity contribution < 1.29 is 14.7 Å². The van der Waals surface area contributed by atoms with Gasteiger partial charge in [0, 0.05) is 6.54 Å². The average molecular weight is 209 g/mol. The lowest BCUT2D eigenvalue weighted by Crippen LogP contribution is -2.43. The molecule has 0 saturated heterocycles. The number of carboxylic acid groups (broad SMARTS) is 1. The topological polar surface area (TPSA) is 75.4 Å². The summed E-state index contributed by atoms with van der Waals surface area (Å²) in [5.74, 6) is -1.25. The molecule has 15 heavy (non-hydrogen) atoms. The first kappa shape index (κ1) is 9.70. The van der Waals surface area contributed by atoms with Gasteiger partial charge in [-0.05, 0) is 13.0 Å². The minimum atomic E-state index is -0.993. The molecule has 0 fully saturated rings. The molecular weight excluding hydrogens is 198 g/mol. The van der Waals surface area contributed by atoms with Gasteiger partial charge in [0.1, 0.15) is 12.2 Å². The molecule has 2 heterocycles. The van der Waals surface area contributed by atoms with Crippen molar-refractivity contribution in [3.05, 3.63) is 17.5 Å². The summed E-state index contributed by atoms with van der Waals surface area (Å²) in [6.07, 6.45) is 0. The van der Waals surface area contributed by atoms with Crippen LogP contribution in [0.4, 0.5) is 0 Å². The predicted molar refractivity (Wildman–Crippen MR) is 50.5 cm³/mol. The van der Waals surface area contributed by atoms with Crippen LogP contribution < -0.4 is 0 Å². The molecular formula is C9H11N3O3. The van der Waals surface area contributed by atoms with Crippen molar-refractivity contribution in [3.8, 4) is 0 Å². The fraction of sp³-hybridized carbons (Fsp3) is 0.444. The first-order valence-corrected chi connectivity index (χ1v) is 4.63. The highest BCUT2D eigenvalue weighted by Crippen LogP contribution is 2.12. The van der Waals surface area contributed by atoms with Crippen LogP contribution in [0.3, 0.4) is 0 Å². The number of aryl methyl sites for hydroxylation is 1. The summed E-state index contributed by atoms with van der Waals surface area (Å²) >= 11 is 0. The lowest BCUT2D eigenvalue weighted by Gasteiger charge is -2.25. The molecule has 1 aliphatic heterocycles. The van der Waals surface area contributed by atoms with Gasteiger partial charge in [-0.2, -0.15) is 5.10 Å². The summed E-state index contributed by atoms with van der Waals surface area (Å²) in [7, 11) is 0. The number of fused-ring (bicyclic) bond motifs is 1. The average Bonchev–Trinajstić information content (AvgIpc) is 2.51. The maximum Gasteiger partial charge on any atom is 0.323 e. The molecule has 6 nitrogen and oxygen atoms in total. The second-order valence-corrected chi connectivity index (χ2v) is 3.51. The number of carboxylic acids is 1. The van der Waals surface area contributed by atoms with Crippen LogP contribution in [0, 0.1) is 6.92 Å². The van der Waals surface area contributed by atoms with Crippen molar-refractivity contribution in [3.63, 3.8) is 0 Å². The molecule has 0 bridgehead atoms. The summed E-state index contributed by atoms with van der Waals surface area (Å²) in [5.41, 5.74) is 1.25. The summed E-state index contributed by atoms with van der Waals surface area (Å²) in [5, 5.41) is 12.8. The highest BCUT2D eigenvalue weighted by atomic mass is 16.4. The molecule has 1 aromatic heterocycles. The maximum absolute atomic E-state index is 11.8. The maximum atomic E-state index is 11.8. The molecule has 0 atom stereocenters. The highest BCUT2D eigenvalue weighted by Gasteiger charge is 2.26. The second-order valence-electron chi connectivity index (χ2n) is 3.51. The third kappa shape index (κ3) is 1.70. The van der Waals surface area contributed by atoms with Gasteiger partial charge in [-0.15, -0.1) is 0 Å². The minimum absolute atomic E-state index is 0.247. The zero-order chi connectivity index (χ0) is 11.0. The van der Waals surface area contributed by atoms with Gasteiger partial charge in [-0.25, -0.2) is 0 Å². The van der Waals surface area contributed by atoms with Crippen molar-refractivity contribution in [1.82, 2.24) is 14.7 Å². The largest absolute Gasteiger partial charge is 0.480 e. The molecule has 1 aliphatic rings. The number of carbonyl (C=O) groups excluding carboxylic acids is 1. The Kier molecular flexibility index (Phi) is 2.18. The van der Waals surface area contributed by atoms with Gasteiger partial charge in [0.25, 0.3) is 5.91 Å². The summed E-state index contributed by atoms with van der Waals surface area (Å²) in [6.45, 7) is 2.52. The van der Waals surface area contributed by atoms with Gasteiger partial charge < -0.3 is 10.0 Å². The fourth-order valence-corrected chi connectivity index (χ4v) is 1.68. The molecule has 0 radical (unpaired) electrons. The number of nitrogens with zero attached hydrogens (tertiary/aromatic N) is 3. The monoisotopic (exact) mass is 209 g/mol. The lowest BCUT2D eigenvalue weighted by atomic mass is 10.2. The van der Waals surface area contributed by atoms with Crippen LogP contribution in [0.15, 0.2) is 6.07 Å². The summed E-state index contributed by atoms with van der Waals surface area (Å²) in [4.78, 5) is 23.6. The molecule has 0 saturated carbocycles. The van der Waals surface area contributed by atoms with Crippen LogP contribution in [-0.4, -0.2) is 44.8 Å². The van der Waals surface area contributed by atoms with Crippen molar-refractivity contribution in [1.29, 1.82) is 0 Å². The van der Waals surface area contributed by atoms with E-state index in [4.69, 9.17) is 5.11 Å². The van der Waals surface area contributed by atoms with E-state index in [2.05, 4.69) is 5.10 Å². The highest BCUT2D eigenvalue weighted by molar-refractivity contribution is 5.95. The molecule has 1 N–H and O–H groups in total. The van der Waals surface area contributed by atoms with Gasteiger partial charge in [-0.1, -0.05) is 0 Å². The molecule has 0 unspecified atom stereocenters. The van der Waals surface area contributed by atoms with E-state index in [0.717, 1.165) is 5.69 Å². The number of aliphatic carboxylic acids is 1. The number of carbonyl (C=O) groups is 2. The van der Waals surface area contributed by atoms with E-state index in [1.54, 1.807) is 17.7 Å². The van der Waals surface area contributed by atoms with E-state index in [-0.39, 0.29) is 12.5 Å². The second kappa shape index (κ2) is 3.38. The molecule has 1 aromatic rings. The van der Waals surface area contributed by atoms with Gasteiger partial charge in [0.05, 0.1) is 12.2 Å². The van der Waals surface area contributed by atoms with E-state index in [0.29, 0.717) is 18.8 Å². The number of hydrogen-bond acceptors (Lipinski definition) is 3. The fourth-order valence-electron chi connectivity index (χ4n) is 1.68. The Bertz CT molecular complexity index is 424. The van der Waals surface area contributed by atoms with Gasteiger partial charge >= 0.3 is 5.97 Å². The van der Waals surface area contributed by atoms with Crippen LogP contribution in [0.25, 0.3) is 0 Å². The third-order valence-corrected chi connectivity index (χ3v) is 2.32. The van der Waals surface area contributed by atoms with Crippen LogP contribution >= 0.6 is 0 Å². The Labute approximate surface area is 86.1 Å². The number of hydrogen-bond donors (Lipinski definition) is 1. The molecule has 80 valence electrons. The Morgan fingerprint density at radius 3 is 3.00 bits per heavy atom. The number of amides is 1. The molecule has 0 spiro atoms. The van der Waals surface area contributed by atoms with Gasteiger partial charge in [0.15, 0.2) is 0 Å². The van der Waals surface area contributed by atoms with Crippen LogP contribution in [0.2, 0.25) is 0 Å². The minimum Gasteiger partial charge on any atom is -0.480 e. The van der Waals surface area contributed by atoms with Crippen molar-refractivity contribution >= 4 is 11.9 Å². The summed E-state index contributed by atoms with van der Waals surface area (Å²) in [6, 6.07) is 1.68. The van der Waals surface area contributed by atoms with Gasteiger partial charge in [0.2, 0.25) is 0 Å². The standard InChI is InChI=1S/C9H11N3O3/c1-6-4-7-9(15)11(5-8(13)14)2-3-12(7)10-6/h4H,2-3,5H2,1H3,(H,13,14). The zero-order valence-corrected chi connectivity index (χ0v) is 8.30. The van der Waals surface area contributed by atoms with Crippen molar-refractivity contribution in [2.45, 2.75) is 13.5 Å². The number of aromatic nitrogens is 2. The van der Waals surface area contributed by atoms with Crippen LogP contribution in [0.5, 0.6) is 0 Å². The molecule has 0 aromatic carbocycles. The molecule has 2 rings (SSSR count).